The standard InChI is InChI=1S/C24H32ClN3O3S/c1-15(2)26-24(30)28(16(3)4)13-23(29)27-10-8-22-19(9-11-32-22)21(27)14-31-18-6-7-20(25)17(5)12-18/h6-7,9,11-12,15-16,21H,8,10,13-14H2,1-5H3,(H,26,30)/t21-/m0/s1. The summed E-state index contributed by atoms with van der Waals surface area (Å²) in [5.41, 5.74) is 2.07. The van der Waals surface area contributed by atoms with E-state index in [4.69, 9.17) is 16.3 Å². The Morgan fingerprint density at radius 2 is 2.03 bits per heavy atom. The molecule has 1 aromatic carbocycles. The number of benzene rings is 1. The van der Waals surface area contributed by atoms with Crippen molar-refractivity contribution in [3.8, 4) is 5.75 Å². The van der Waals surface area contributed by atoms with Gasteiger partial charge in [0.05, 0.1) is 6.04 Å². The number of halogens is 1. The van der Waals surface area contributed by atoms with E-state index in [0.717, 1.165) is 23.3 Å². The second kappa shape index (κ2) is 10.6. The minimum atomic E-state index is -0.221. The van der Waals surface area contributed by atoms with Gasteiger partial charge in [-0.05, 0) is 81.8 Å². The highest BCUT2D eigenvalue weighted by Crippen LogP contribution is 2.34. The lowest BCUT2D eigenvalue weighted by molar-refractivity contribution is -0.135. The fourth-order valence-corrected chi connectivity index (χ4v) is 4.86. The van der Waals surface area contributed by atoms with Crippen molar-refractivity contribution in [1.29, 1.82) is 0 Å². The van der Waals surface area contributed by atoms with Crippen LogP contribution in [0.1, 0.15) is 49.7 Å². The summed E-state index contributed by atoms with van der Waals surface area (Å²) in [6.07, 6.45) is 0.815. The Hall–Kier alpha value is -2.25. The first-order chi connectivity index (χ1) is 15.2. The first-order valence-electron chi connectivity index (χ1n) is 11.0. The average Bonchev–Trinajstić information content (AvgIpc) is 3.20. The number of rotatable bonds is 7. The third kappa shape index (κ3) is 5.75. The highest BCUT2D eigenvalue weighted by atomic mass is 35.5. The predicted molar refractivity (Wildman–Crippen MR) is 130 cm³/mol. The van der Waals surface area contributed by atoms with Crippen molar-refractivity contribution in [2.24, 2.45) is 0 Å². The molecule has 0 saturated heterocycles. The summed E-state index contributed by atoms with van der Waals surface area (Å²) in [7, 11) is 0. The van der Waals surface area contributed by atoms with Crippen LogP contribution in [0.4, 0.5) is 4.79 Å². The Kier molecular flexibility index (Phi) is 8.06. The number of fused-ring (bicyclic) bond motifs is 1. The first-order valence-corrected chi connectivity index (χ1v) is 12.2. The molecule has 6 nitrogen and oxygen atoms in total. The van der Waals surface area contributed by atoms with Crippen molar-refractivity contribution in [2.45, 2.75) is 59.2 Å². The zero-order chi connectivity index (χ0) is 23.4. The zero-order valence-electron chi connectivity index (χ0n) is 19.4. The summed E-state index contributed by atoms with van der Waals surface area (Å²) >= 11 is 7.85. The van der Waals surface area contributed by atoms with Crippen LogP contribution in [-0.2, 0) is 11.2 Å². The number of nitrogens with zero attached hydrogens (tertiary/aromatic N) is 2. The number of amides is 3. The molecule has 0 aliphatic carbocycles. The average molecular weight is 478 g/mol. The number of urea groups is 1. The number of thiophene rings is 1. The van der Waals surface area contributed by atoms with Crippen LogP contribution >= 0.6 is 22.9 Å². The summed E-state index contributed by atoms with van der Waals surface area (Å²) in [5, 5.41) is 5.65. The van der Waals surface area contributed by atoms with E-state index in [-0.39, 0.29) is 36.6 Å². The van der Waals surface area contributed by atoms with Crippen LogP contribution in [0.25, 0.3) is 0 Å². The van der Waals surface area contributed by atoms with Gasteiger partial charge in [-0.25, -0.2) is 4.79 Å². The number of carbonyl (C=O) groups excluding carboxylic acids is 2. The minimum Gasteiger partial charge on any atom is -0.491 e. The number of aryl methyl sites for hydroxylation is 1. The lowest BCUT2D eigenvalue weighted by Gasteiger charge is -2.37. The van der Waals surface area contributed by atoms with Crippen LogP contribution in [-0.4, -0.2) is 53.5 Å². The van der Waals surface area contributed by atoms with E-state index in [9.17, 15) is 9.59 Å². The second-order valence-corrected chi connectivity index (χ2v) is 10.1. The van der Waals surface area contributed by atoms with Gasteiger partial charge >= 0.3 is 6.03 Å². The highest BCUT2D eigenvalue weighted by Gasteiger charge is 2.34. The van der Waals surface area contributed by atoms with Gasteiger partial charge in [0.2, 0.25) is 5.91 Å². The number of hydrogen-bond donors (Lipinski definition) is 1. The van der Waals surface area contributed by atoms with Crippen LogP contribution in [0.2, 0.25) is 5.02 Å². The third-order valence-corrected chi connectivity index (χ3v) is 6.98. The van der Waals surface area contributed by atoms with Gasteiger partial charge in [0.15, 0.2) is 0 Å². The zero-order valence-corrected chi connectivity index (χ0v) is 20.9. The Bertz CT molecular complexity index is 960. The molecule has 32 heavy (non-hydrogen) atoms. The van der Waals surface area contributed by atoms with Crippen molar-refractivity contribution in [3.63, 3.8) is 0 Å². The summed E-state index contributed by atoms with van der Waals surface area (Å²) in [5.74, 6) is 0.650. The molecule has 0 saturated carbocycles. The molecular formula is C24H32ClN3O3S. The van der Waals surface area contributed by atoms with E-state index in [1.165, 1.54) is 4.88 Å². The number of hydrogen-bond acceptors (Lipinski definition) is 4. The van der Waals surface area contributed by atoms with E-state index in [0.29, 0.717) is 18.2 Å². The molecule has 2 aromatic rings. The highest BCUT2D eigenvalue weighted by molar-refractivity contribution is 7.10. The second-order valence-electron chi connectivity index (χ2n) is 8.70. The van der Waals surface area contributed by atoms with Gasteiger partial charge in [0, 0.05) is 28.5 Å². The molecule has 0 fully saturated rings. The van der Waals surface area contributed by atoms with Gasteiger partial charge < -0.3 is 19.9 Å². The SMILES string of the molecule is Cc1cc(OC[C@H]2c3ccsc3CCN2C(=O)CN(C(=O)NC(C)C)C(C)C)ccc1Cl. The van der Waals surface area contributed by atoms with Crippen molar-refractivity contribution in [1.82, 2.24) is 15.1 Å². The molecule has 1 N–H and O–H groups in total. The maximum Gasteiger partial charge on any atom is 0.318 e. The Morgan fingerprint density at radius 3 is 2.69 bits per heavy atom. The van der Waals surface area contributed by atoms with E-state index in [2.05, 4.69) is 16.8 Å². The summed E-state index contributed by atoms with van der Waals surface area (Å²) < 4.78 is 6.10. The van der Waals surface area contributed by atoms with Crippen LogP contribution in [0, 0.1) is 6.92 Å². The molecule has 0 spiro atoms. The van der Waals surface area contributed by atoms with Gasteiger partial charge in [-0.2, -0.15) is 0 Å². The predicted octanol–water partition coefficient (Wildman–Crippen LogP) is 5.04. The molecule has 1 aliphatic rings. The Morgan fingerprint density at radius 1 is 1.28 bits per heavy atom. The normalized spacial score (nSPS) is 15.6. The van der Waals surface area contributed by atoms with E-state index in [1.54, 1.807) is 16.2 Å². The molecule has 2 heterocycles. The molecule has 1 atom stereocenters. The quantitative estimate of drug-likeness (QED) is 0.607. The molecule has 1 aliphatic heterocycles. The Balaban J connectivity index is 1.77. The molecule has 3 amide bonds. The maximum atomic E-state index is 13.4. The number of nitrogens with one attached hydrogen (secondary N) is 1. The van der Waals surface area contributed by atoms with Crippen molar-refractivity contribution < 1.29 is 14.3 Å². The van der Waals surface area contributed by atoms with E-state index in [1.807, 2.05) is 57.7 Å². The summed E-state index contributed by atoms with van der Waals surface area (Å²) in [6, 6.07) is 7.14. The molecule has 0 bridgehead atoms. The van der Waals surface area contributed by atoms with Crippen LogP contribution in [0.3, 0.4) is 0 Å². The molecule has 0 radical (unpaired) electrons. The van der Waals surface area contributed by atoms with Gasteiger partial charge in [0.25, 0.3) is 0 Å². The first kappa shape index (κ1) is 24.4. The van der Waals surface area contributed by atoms with Crippen molar-refractivity contribution in [3.05, 3.63) is 50.7 Å². The smallest absolute Gasteiger partial charge is 0.318 e. The number of ether oxygens (including phenoxy) is 1. The lowest BCUT2D eigenvalue weighted by atomic mass is 10.0. The molecule has 174 valence electrons. The monoisotopic (exact) mass is 477 g/mol. The Labute approximate surface area is 199 Å². The van der Waals surface area contributed by atoms with Gasteiger partial charge in [-0.3, -0.25) is 4.79 Å². The van der Waals surface area contributed by atoms with E-state index < -0.39 is 0 Å². The molecule has 1 aromatic heterocycles. The molecule has 0 unspecified atom stereocenters. The van der Waals surface area contributed by atoms with Crippen molar-refractivity contribution in [2.75, 3.05) is 19.7 Å². The minimum absolute atomic E-state index is 0.00573. The molecular weight excluding hydrogens is 446 g/mol. The van der Waals surface area contributed by atoms with Gasteiger partial charge in [-0.1, -0.05) is 11.6 Å². The fraction of sp³-hybridized carbons (Fsp3) is 0.500. The summed E-state index contributed by atoms with van der Waals surface area (Å²) in [4.78, 5) is 30.8. The largest absolute Gasteiger partial charge is 0.491 e. The van der Waals surface area contributed by atoms with E-state index >= 15 is 0 Å². The molecule has 3 rings (SSSR count). The third-order valence-electron chi connectivity index (χ3n) is 5.55. The van der Waals surface area contributed by atoms with Gasteiger partial charge in [0.1, 0.15) is 18.9 Å². The summed E-state index contributed by atoms with van der Waals surface area (Å²) in [6.45, 7) is 10.6. The van der Waals surface area contributed by atoms with Gasteiger partial charge in [-0.15, -0.1) is 11.3 Å². The van der Waals surface area contributed by atoms with Crippen LogP contribution in [0.15, 0.2) is 29.6 Å². The topological polar surface area (TPSA) is 61.9 Å². The number of carbonyl (C=O) groups is 2. The maximum absolute atomic E-state index is 13.4. The lowest BCUT2D eigenvalue weighted by Crippen LogP contribution is -2.52. The molecule has 8 heteroatoms. The fourth-order valence-electron chi connectivity index (χ4n) is 3.81. The van der Waals surface area contributed by atoms with Crippen LogP contribution < -0.4 is 10.1 Å². The van der Waals surface area contributed by atoms with Crippen LogP contribution in [0.5, 0.6) is 5.75 Å². The van der Waals surface area contributed by atoms with Crippen molar-refractivity contribution >= 4 is 34.9 Å².